The van der Waals surface area contributed by atoms with Crippen molar-refractivity contribution in [1.29, 1.82) is 0 Å². The zero-order valence-corrected chi connectivity index (χ0v) is 18.3. The summed E-state index contributed by atoms with van der Waals surface area (Å²) >= 11 is 0. The minimum atomic E-state index is -4.81. The van der Waals surface area contributed by atoms with Gasteiger partial charge in [-0.3, -0.25) is 0 Å². The van der Waals surface area contributed by atoms with Crippen LogP contribution in [0.5, 0.6) is 0 Å². The topological polar surface area (TPSA) is 87.4 Å². The van der Waals surface area contributed by atoms with E-state index < -0.39 is 36.1 Å². The zero-order valence-electron chi connectivity index (χ0n) is 18.3. The number of carboxylic acid groups (broad SMARTS) is 1. The Kier molecular flexibility index (Phi) is 5.99. The number of hydrogen-bond donors (Lipinski definition) is 3. The van der Waals surface area contributed by atoms with Crippen molar-refractivity contribution in [2.45, 2.75) is 45.9 Å². The van der Waals surface area contributed by atoms with Gasteiger partial charge in [0.2, 0.25) is 0 Å². The minimum absolute atomic E-state index is 0.0922. The van der Waals surface area contributed by atoms with Gasteiger partial charge in [-0.05, 0) is 54.7 Å². The maximum atomic E-state index is 13.7. The summed E-state index contributed by atoms with van der Waals surface area (Å²) in [6, 6.07) is 9.72. The number of carboxylic acids is 1. The number of rotatable bonds is 6. The van der Waals surface area contributed by atoms with E-state index in [4.69, 9.17) is 0 Å². The second-order valence-corrected chi connectivity index (χ2v) is 9.28. The normalized spacial score (nSPS) is 14.4. The summed E-state index contributed by atoms with van der Waals surface area (Å²) in [5.74, 6) is -1.08. The fourth-order valence-corrected chi connectivity index (χ4v) is 3.77. The molecule has 0 fully saturated rings. The van der Waals surface area contributed by atoms with Crippen LogP contribution < -0.4 is 5.32 Å². The predicted octanol–water partition coefficient (Wildman–Crippen LogP) is 5.17. The summed E-state index contributed by atoms with van der Waals surface area (Å²) in [6.07, 6.45) is -3.77. The molecule has 6 nitrogen and oxygen atoms in total. The molecule has 1 atom stereocenters. The number of aliphatic hydroxyl groups is 1. The Balaban J connectivity index is 2.00. The van der Waals surface area contributed by atoms with Gasteiger partial charge in [-0.2, -0.15) is 18.3 Å². The molecule has 32 heavy (non-hydrogen) atoms. The molecule has 1 unspecified atom stereocenters. The number of nitrogens with zero attached hydrogens (tertiary/aromatic N) is 2. The van der Waals surface area contributed by atoms with Crippen molar-refractivity contribution in [3.8, 4) is 5.69 Å². The quantitative estimate of drug-likeness (QED) is 0.483. The number of aromatic nitrogens is 2. The van der Waals surface area contributed by atoms with Gasteiger partial charge in [0.25, 0.3) is 0 Å². The predicted molar refractivity (Wildman–Crippen MR) is 116 cm³/mol. The highest BCUT2D eigenvalue weighted by atomic mass is 19.4. The summed E-state index contributed by atoms with van der Waals surface area (Å²) in [6.45, 7) is 6.00. The third-order valence-corrected chi connectivity index (χ3v) is 5.09. The average molecular weight is 449 g/mol. The average Bonchev–Trinajstić information content (AvgIpc) is 3.07. The number of halogens is 3. The summed E-state index contributed by atoms with van der Waals surface area (Å²) in [7, 11) is 0. The van der Waals surface area contributed by atoms with Crippen LogP contribution in [0.2, 0.25) is 0 Å². The van der Waals surface area contributed by atoms with Crippen LogP contribution in [0.15, 0.2) is 42.6 Å². The molecule has 0 spiro atoms. The van der Waals surface area contributed by atoms with Gasteiger partial charge < -0.3 is 15.5 Å². The van der Waals surface area contributed by atoms with Crippen LogP contribution in [0.1, 0.15) is 43.1 Å². The summed E-state index contributed by atoms with van der Waals surface area (Å²) in [4.78, 5) is 11.3. The van der Waals surface area contributed by atoms with Crippen LogP contribution >= 0.6 is 0 Å². The molecule has 0 aliphatic carbocycles. The largest absolute Gasteiger partial charge is 0.478 e. The van der Waals surface area contributed by atoms with Crippen molar-refractivity contribution in [3.05, 3.63) is 53.7 Å². The monoisotopic (exact) mass is 449 g/mol. The second kappa shape index (κ2) is 8.12. The van der Waals surface area contributed by atoms with E-state index in [1.54, 1.807) is 45.9 Å². The number of carbonyl (C=O) groups is 1. The van der Waals surface area contributed by atoms with Crippen molar-refractivity contribution >= 4 is 22.6 Å². The van der Waals surface area contributed by atoms with Gasteiger partial charge in [0.05, 0.1) is 29.5 Å². The molecule has 0 bridgehead atoms. The number of aryl methyl sites for hydroxylation is 1. The first-order valence-electron chi connectivity index (χ1n) is 10.1. The van der Waals surface area contributed by atoms with E-state index in [2.05, 4.69) is 10.4 Å². The van der Waals surface area contributed by atoms with Gasteiger partial charge in [-0.15, -0.1) is 0 Å². The Bertz CT molecular complexity index is 1150. The maximum Gasteiger partial charge on any atom is 0.418 e. The number of fused-ring (bicyclic) bond motifs is 1. The lowest BCUT2D eigenvalue weighted by Gasteiger charge is -2.36. The van der Waals surface area contributed by atoms with E-state index in [1.165, 1.54) is 23.0 Å². The molecule has 9 heteroatoms. The molecular weight excluding hydrogens is 423 g/mol. The Morgan fingerprint density at radius 3 is 2.44 bits per heavy atom. The van der Waals surface area contributed by atoms with Crippen molar-refractivity contribution < 1.29 is 28.2 Å². The lowest BCUT2D eigenvalue weighted by Crippen LogP contribution is -2.52. The number of anilines is 1. The van der Waals surface area contributed by atoms with Crippen LogP contribution in [0.3, 0.4) is 0 Å². The molecule has 1 heterocycles. The number of alkyl halides is 3. The summed E-state index contributed by atoms with van der Waals surface area (Å²) in [5.41, 5.74) is -1.28. The molecule has 3 aromatic rings. The van der Waals surface area contributed by atoms with Crippen molar-refractivity contribution in [2.75, 3.05) is 11.9 Å². The Labute approximate surface area is 183 Å². The van der Waals surface area contributed by atoms with Crippen molar-refractivity contribution in [1.82, 2.24) is 9.78 Å². The molecule has 2 aromatic carbocycles. The van der Waals surface area contributed by atoms with E-state index in [1.807, 2.05) is 6.07 Å². The standard InChI is InChI=1S/C23H26F3N3O3/c1-14-8-18(27-13-22(32,23(24,25)26)12-21(2,3)4)17-11-28-29(19(17)9-14)16-7-5-6-15(10-16)20(30)31/h5-11,27,32H,12-13H2,1-4H3,(H,30,31). The lowest BCUT2D eigenvalue weighted by atomic mass is 9.81. The SMILES string of the molecule is Cc1cc(NCC(O)(CC(C)(C)C)C(F)(F)F)c2cnn(-c3cccc(C(=O)O)c3)c2c1. The van der Waals surface area contributed by atoms with Crippen LogP contribution in [-0.4, -0.2) is 44.3 Å². The van der Waals surface area contributed by atoms with Crippen molar-refractivity contribution in [2.24, 2.45) is 5.41 Å². The van der Waals surface area contributed by atoms with Gasteiger partial charge in [-0.1, -0.05) is 26.8 Å². The molecule has 0 amide bonds. The molecule has 0 saturated heterocycles. The Hall–Kier alpha value is -3.07. The number of hydrogen-bond acceptors (Lipinski definition) is 4. The Morgan fingerprint density at radius 2 is 1.84 bits per heavy atom. The maximum absolute atomic E-state index is 13.7. The molecular formula is C23H26F3N3O3. The van der Waals surface area contributed by atoms with Gasteiger partial charge in [-0.25, -0.2) is 9.48 Å². The van der Waals surface area contributed by atoms with E-state index >= 15 is 0 Å². The molecule has 3 rings (SSSR count). The van der Waals surface area contributed by atoms with Crippen LogP contribution in [0, 0.1) is 12.3 Å². The second-order valence-electron chi connectivity index (χ2n) is 9.28. The van der Waals surface area contributed by atoms with E-state index in [9.17, 15) is 28.2 Å². The lowest BCUT2D eigenvalue weighted by molar-refractivity contribution is -0.263. The van der Waals surface area contributed by atoms with Gasteiger partial charge in [0, 0.05) is 11.1 Å². The van der Waals surface area contributed by atoms with Gasteiger partial charge >= 0.3 is 12.1 Å². The molecule has 1 aromatic heterocycles. The number of benzene rings is 2. The first-order valence-corrected chi connectivity index (χ1v) is 10.1. The third kappa shape index (κ3) is 4.88. The van der Waals surface area contributed by atoms with E-state index in [-0.39, 0.29) is 5.56 Å². The highest BCUT2D eigenvalue weighted by Gasteiger charge is 2.55. The molecule has 0 radical (unpaired) electrons. The smallest absolute Gasteiger partial charge is 0.418 e. The highest BCUT2D eigenvalue weighted by Crippen LogP contribution is 2.40. The third-order valence-electron chi connectivity index (χ3n) is 5.09. The van der Waals surface area contributed by atoms with E-state index in [0.717, 1.165) is 5.56 Å². The molecule has 0 aliphatic heterocycles. The number of nitrogens with one attached hydrogen (secondary N) is 1. The zero-order chi connectivity index (χ0) is 23.9. The van der Waals surface area contributed by atoms with Crippen LogP contribution in [0.4, 0.5) is 18.9 Å². The molecule has 0 saturated carbocycles. The molecule has 0 aliphatic rings. The van der Waals surface area contributed by atoms with E-state index in [0.29, 0.717) is 22.3 Å². The minimum Gasteiger partial charge on any atom is -0.478 e. The first-order chi connectivity index (χ1) is 14.7. The number of aromatic carboxylic acids is 1. The fraction of sp³-hybridized carbons (Fsp3) is 0.391. The Morgan fingerprint density at radius 1 is 1.16 bits per heavy atom. The summed E-state index contributed by atoms with van der Waals surface area (Å²) < 4.78 is 42.6. The van der Waals surface area contributed by atoms with Crippen LogP contribution in [0.25, 0.3) is 16.6 Å². The van der Waals surface area contributed by atoms with Crippen LogP contribution in [-0.2, 0) is 0 Å². The van der Waals surface area contributed by atoms with Crippen molar-refractivity contribution in [3.63, 3.8) is 0 Å². The highest BCUT2D eigenvalue weighted by molar-refractivity contribution is 5.93. The molecule has 172 valence electrons. The van der Waals surface area contributed by atoms with Gasteiger partial charge in [0.15, 0.2) is 5.60 Å². The van der Waals surface area contributed by atoms with Gasteiger partial charge in [0.1, 0.15) is 0 Å². The summed E-state index contributed by atoms with van der Waals surface area (Å²) in [5, 5.41) is 27.4. The fourth-order valence-electron chi connectivity index (χ4n) is 3.77. The molecule has 3 N–H and O–H groups in total. The first kappa shape index (κ1) is 23.6.